The van der Waals surface area contributed by atoms with Gasteiger partial charge in [0.1, 0.15) is 5.82 Å². The zero-order chi connectivity index (χ0) is 12.5. The molecule has 0 radical (unpaired) electrons. The van der Waals surface area contributed by atoms with Crippen molar-refractivity contribution in [2.45, 2.75) is 19.4 Å². The molecule has 1 aromatic rings. The molecule has 3 N–H and O–H groups in total. The number of methoxy groups -OCH3 is 1. The molecule has 0 aliphatic rings. The zero-order valence-electron chi connectivity index (χ0n) is 10.4. The third-order valence-corrected chi connectivity index (χ3v) is 2.22. The summed E-state index contributed by atoms with van der Waals surface area (Å²) in [5, 5.41) is 15.8. The van der Waals surface area contributed by atoms with Crippen LogP contribution >= 0.6 is 0 Å². The summed E-state index contributed by atoms with van der Waals surface area (Å²) in [7, 11) is 1.57. The minimum absolute atomic E-state index is 0.332. The predicted octanol–water partition coefficient (Wildman–Crippen LogP) is 1.32. The molecule has 0 aliphatic heterocycles. The van der Waals surface area contributed by atoms with Crippen LogP contribution in [-0.4, -0.2) is 43.0 Å². The van der Waals surface area contributed by atoms with Gasteiger partial charge in [0.2, 0.25) is 0 Å². The van der Waals surface area contributed by atoms with Gasteiger partial charge >= 0.3 is 0 Å². The van der Waals surface area contributed by atoms with Crippen LogP contribution in [0.3, 0.4) is 0 Å². The highest BCUT2D eigenvalue weighted by molar-refractivity contribution is 5.51. The topological polar surface area (TPSA) is 66.4 Å². The first-order valence-electron chi connectivity index (χ1n) is 5.87. The van der Waals surface area contributed by atoms with E-state index in [4.69, 9.17) is 4.74 Å². The molecule has 0 bridgehead atoms. The van der Waals surface area contributed by atoms with Gasteiger partial charge < -0.3 is 20.5 Å². The summed E-state index contributed by atoms with van der Waals surface area (Å²) >= 11 is 0. The van der Waals surface area contributed by atoms with E-state index in [0.717, 1.165) is 24.5 Å². The summed E-state index contributed by atoms with van der Waals surface area (Å²) in [6.45, 7) is 3.81. The van der Waals surface area contributed by atoms with E-state index in [1.54, 1.807) is 13.3 Å². The van der Waals surface area contributed by atoms with Crippen molar-refractivity contribution in [3.63, 3.8) is 0 Å². The Bertz CT molecular complexity index is 320. The van der Waals surface area contributed by atoms with Crippen molar-refractivity contribution in [3.05, 3.63) is 18.3 Å². The molecule has 0 fully saturated rings. The van der Waals surface area contributed by atoms with E-state index in [1.807, 2.05) is 12.1 Å². The van der Waals surface area contributed by atoms with Crippen LogP contribution in [0, 0.1) is 0 Å². The summed E-state index contributed by atoms with van der Waals surface area (Å²) in [5.41, 5.74) is 0.939. The average Bonchev–Trinajstić information content (AvgIpc) is 2.35. The van der Waals surface area contributed by atoms with E-state index < -0.39 is 6.10 Å². The number of aliphatic hydroxyl groups excluding tert-OH is 1. The number of hydrogen-bond acceptors (Lipinski definition) is 5. The van der Waals surface area contributed by atoms with Crippen LogP contribution in [0.4, 0.5) is 11.5 Å². The van der Waals surface area contributed by atoms with E-state index in [-0.39, 0.29) is 0 Å². The molecular formula is C12H21N3O2. The Morgan fingerprint density at radius 3 is 3.00 bits per heavy atom. The molecule has 1 atom stereocenters. The summed E-state index contributed by atoms with van der Waals surface area (Å²) in [6.07, 6.45) is 2.30. The number of ether oxygens (including phenoxy) is 1. The lowest BCUT2D eigenvalue weighted by molar-refractivity contribution is 0.0727. The van der Waals surface area contributed by atoms with E-state index in [2.05, 4.69) is 22.5 Å². The molecule has 96 valence electrons. The summed E-state index contributed by atoms with van der Waals surface area (Å²) in [5.74, 6) is 0.845. The standard InChI is InChI=1S/C12H21N3O2/c1-3-5-13-12-7-10(4-6-14-12)15-8-11(16)9-17-2/h4,6-7,11,16H,3,5,8-9H2,1-2H3,(H2,13,14,15). The van der Waals surface area contributed by atoms with Crippen molar-refractivity contribution >= 4 is 11.5 Å². The Labute approximate surface area is 102 Å². The quantitative estimate of drug-likeness (QED) is 0.638. The van der Waals surface area contributed by atoms with Gasteiger partial charge in [0.25, 0.3) is 0 Å². The third-order valence-electron chi connectivity index (χ3n) is 2.22. The lowest BCUT2D eigenvalue weighted by Crippen LogP contribution is -2.24. The second-order valence-corrected chi connectivity index (χ2v) is 3.85. The van der Waals surface area contributed by atoms with Crippen LogP contribution in [0.1, 0.15) is 13.3 Å². The molecule has 1 unspecified atom stereocenters. The van der Waals surface area contributed by atoms with Crippen LogP contribution in [0.5, 0.6) is 0 Å². The SMILES string of the molecule is CCCNc1cc(NCC(O)COC)ccn1. The lowest BCUT2D eigenvalue weighted by atomic mass is 10.3. The fourth-order valence-electron chi connectivity index (χ4n) is 1.38. The number of pyridine rings is 1. The Morgan fingerprint density at radius 2 is 2.29 bits per heavy atom. The van der Waals surface area contributed by atoms with Crippen LogP contribution in [0.15, 0.2) is 18.3 Å². The second kappa shape index (κ2) is 7.86. The Balaban J connectivity index is 2.42. The molecular weight excluding hydrogens is 218 g/mol. The molecule has 0 aromatic carbocycles. The minimum Gasteiger partial charge on any atom is -0.389 e. The van der Waals surface area contributed by atoms with Crippen molar-refractivity contribution in [1.29, 1.82) is 0 Å². The van der Waals surface area contributed by atoms with Gasteiger partial charge in [-0.2, -0.15) is 0 Å². The molecule has 0 saturated carbocycles. The maximum Gasteiger partial charge on any atom is 0.127 e. The highest BCUT2D eigenvalue weighted by Gasteiger charge is 2.03. The van der Waals surface area contributed by atoms with Gasteiger partial charge in [-0.3, -0.25) is 0 Å². The molecule has 1 heterocycles. The summed E-state index contributed by atoms with van der Waals surface area (Å²) < 4.78 is 4.85. The van der Waals surface area contributed by atoms with Gasteiger partial charge in [0.05, 0.1) is 12.7 Å². The first-order valence-corrected chi connectivity index (χ1v) is 5.87. The minimum atomic E-state index is -0.500. The van der Waals surface area contributed by atoms with Crippen LogP contribution in [0.2, 0.25) is 0 Å². The number of nitrogens with zero attached hydrogens (tertiary/aromatic N) is 1. The number of hydrogen-bond donors (Lipinski definition) is 3. The van der Waals surface area contributed by atoms with Gasteiger partial charge in [-0.1, -0.05) is 6.92 Å². The molecule has 0 amide bonds. The van der Waals surface area contributed by atoms with E-state index in [9.17, 15) is 5.11 Å². The number of rotatable bonds is 8. The number of aromatic nitrogens is 1. The Morgan fingerprint density at radius 1 is 1.47 bits per heavy atom. The van der Waals surface area contributed by atoms with Gasteiger partial charge in [-0.05, 0) is 12.5 Å². The molecule has 0 spiro atoms. The number of aliphatic hydroxyl groups is 1. The molecule has 1 rings (SSSR count). The molecule has 5 nitrogen and oxygen atoms in total. The Hall–Kier alpha value is -1.33. The van der Waals surface area contributed by atoms with E-state index in [1.165, 1.54) is 0 Å². The molecule has 0 saturated heterocycles. The van der Waals surface area contributed by atoms with Crippen LogP contribution in [0.25, 0.3) is 0 Å². The highest BCUT2D eigenvalue weighted by atomic mass is 16.5. The molecule has 1 aromatic heterocycles. The first kappa shape index (κ1) is 13.7. The van der Waals surface area contributed by atoms with Crippen molar-refractivity contribution in [2.75, 3.05) is 37.4 Å². The number of nitrogens with one attached hydrogen (secondary N) is 2. The van der Waals surface area contributed by atoms with Gasteiger partial charge in [-0.25, -0.2) is 4.98 Å². The van der Waals surface area contributed by atoms with Crippen molar-refractivity contribution < 1.29 is 9.84 Å². The molecule has 17 heavy (non-hydrogen) atoms. The fraction of sp³-hybridized carbons (Fsp3) is 0.583. The molecule has 5 heteroatoms. The Kier molecular flexibility index (Phi) is 6.35. The first-order chi connectivity index (χ1) is 8.26. The largest absolute Gasteiger partial charge is 0.389 e. The summed E-state index contributed by atoms with van der Waals surface area (Å²) in [4.78, 5) is 4.20. The second-order valence-electron chi connectivity index (χ2n) is 3.85. The normalized spacial score (nSPS) is 12.2. The molecule has 0 aliphatic carbocycles. The summed E-state index contributed by atoms with van der Waals surface area (Å²) in [6, 6.07) is 3.80. The number of anilines is 2. The third kappa shape index (κ3) is 5.51. The monoisotopic (exact) mass is 239 g/mol. The van der Waals surface area contributed by atoms with Crippen molar-refractivity contribution in [2.24, 2.45) is 0 Å². The van der Waals surface area contributed by atoms with Crippen LogP contribution < -0.4 is 10.6 Å². The maximum absolute atomic E-state index is 9.50. The van der Waals surface area contributed by atoms with Gasteiger partial charge in [0.15, 0.2) is 0 Å². The van der Waals surface area contributed by atoms with E-state index >= 15 is 0 Å². The predicted molar refractivity (Wildman–Crippen MR) is 69.4 cm³/mol. The average molecular weight is 239 g/mol. The lowest BCUT2D eigenvalue weighted by Gasteiger charge is -2.12. The van der Waals surface area contributed by atoms with Crippen molar-refractivity contribution in [1.82, 2.24) is 4.98 Å². The van der Waals surface area contributed by atoms with Gasteiger partial charge in [0, 0.05) is 38.1 Å². The zero-order valence-corrected chi connectivity index (χ0v) is 10.4. The fourth-order valence-corrected chi connectivity index (χ4v) is 1.38. The maximum atomic E-state index is 9.50. The van der Waals surface area contributed by atoms with E-state index in [0.29, 0.717) is 13.2 Å². The van der Waals surface area contributed by atoms with Gasteiger partial charge in [-0.15, -0.1) is 0 Å². The highest BCUT2D eigenvalue weighted by Crippen LogP contribution is 2.11. The smallest absolute Gasteiger partial charge is 0.127 e. The van der Waals surface area contributed by atoms with Crippen LogP contribution in [-0.2, 0) is 4.74 Å². The van der Waals surface area contributed by atoms with Crippen molar-refractivity contribution in [3.8, 4) is 0 Å².